The molecule has 3 rings (SSSR count). The number of methoxy groups -OCH3 is 1. The van der Waals surface area contributed by atoms with Gasteiger partial charge >= 0.3 is 0 Å². The topological polar surface area (TPSA) is 48.1 Å². The second-order valence-corrected chi connectivity index (χ2v) is 6.93. The van der Waals surface area contributed by atoms with Crippen LogP contribution in [0.5, 0.6) is 5.75 Å². The van der Waals surface area contributed by atoms with Crippen molar-refractivity contribution in [2.45, 2.75) is 38.1 Å². The summed E-state index contributed by atoms with van der Waals surface area (Å²) in [7, 11) is 1.69. The first kappa shape index (κ1) is 14.5. The van der Waals surface area contributed by atoms with Gasteiger partial charge in [0.1, 0.15) is 10.8 Å². The molecule has 1 aromatic heterocycles. The van der Waals surface area contributed by atoms with Gasteiger partial charge < -0.3 is 10.5 Å². The maximum atomic E-state index is 6.62. The number of nitrogens with zero attached hydrogens (tertiary/aromatic N) is 1. The smallest absolute Gasteiger partial charge is 0.128 e. The highest BCUT2D eigenvalue weighted by Crippen LogP contribution is 2.40. The lowest BCUT2D eigenvalue weighted by Gasteiger charge is -2.34. The van der Waals surface area contributed by atoms with E-state index < -0.39 is 0 Å². The van der Waals surface area contributed by atoms with E-state index in [0.29, 0.717) is 0 Å². The summed E-state index contributed by atoms with van der Waals surface area (Å²) in [6, 6.07) is 8.00. The summed E-state index contributed by atoms with van der Waals surface area (Å²) in [5, 5.41) is 3.16. The summed E-state index contributed by atoms with van der Waals surface area (Å²) in [4.78, 5) is 4.82. The number of aromatic nitrogens is 1. The molecule has 0 atom stereocenters. The van der Waals surface area contributed by atoms with Gasteiger partial charge in [-0.05, 0) is 43.7 Å². The van der Waals surface area contributed by atoms with Crippen LogP contribution in [0.25, 0.3) is 11.3 Å². The van der Waals surface area contributed by atoms with Gasteiger partial charge in [-0.2, -0.15) is 0 Å². The van der Waals surface area contributed by atoms with E-state index in [0.717, 1.165) is 40.8 Å². The summed E-state index contributed by atoms with van der Waals surface area (Å²) in [6.45, 7) is 2.31. The predicted octanol–water partition coefficient (Wildman–Crippen LogP) is 4.18. The summed E-state index contributed by atoms with van der Waals surface area (Å²) < 4.78 is 5.43. The molecule has 0 bridgehead atoms. The van der Waals surface area contributed by atoms with Gasteiger partial charge in [-0.25, -0.2) is 4.98 Å². The van der Waals surface area contributed by atoms with E-state index in [4.69, 9.17) is 15.5 Å². The molecule has 112 valence electrons. The Hall–Kier alpha value is -1.39. The molecule has 0 aliphatic heterocycles. The molecule has 4 heteroatoms. The van der Waals surface area contributed by atoms with Gasteiger partial charge in [0.15, 0.2) is 0 Å². The third-order valence-electron chi connectivity index (χ3n) is 4.48. The molecule has 3 nitrogen and oxygen atoms in total. The minimum atomic E-state index is -0.239. The van der Waals surface area contributed by atoms with Crippen LogP contribution in [0.2, 0.25) is 0 Å². The second kappa shape index (κ2) is 5.78. The summed E-state index contributed by atoms with van der Waals surface area (Å²) in [6.07, 6.45) is 4.46. The summed E-state index contributed by atoms with van der Waals surface area (Å²) >= 11 is 1.68. The molecule has 0 radical (unpaired) electrons. The molecule has 1 saturated carbocycles. The van der Waals surface area contributed by atoms with Gasteiger partial charge in [0, 0.05) is 10.9 Å². The van der Waals surface area contributed by atoms with Gasteiger partial charge in [-0.15, -0.1) is 11.3 Å². The molecule has 1 aliphatic carbocycles. The molecule has 1 aliphatic rings. The lowest BCUT2D eigenvalue weighted by molar-refractivity contribution is 0.247. The van der Waals surface area contributed by atoms with E-state index in [2.05, 4.69) is 12.3 Å². The first-order chi connectivity index (χ1) is 10.1. The highest BCUT2D eigenvalue weighted by atomic mass is 32.1. The largest absolute Gasteiger partial charge is 0.496 e. The van der Waals surface area contributed by atoms with Crippen molar-refractivity contribution in [3.05, 3.63) is 34.7 Å². The Balaban J connectivity index is 1.90. The van der Waals surface area contributed by atoms with Crippen LogP contribution >= 0.6 is 11.3 Å². The minimum Gasteiger partial charge on any atom is -0.496 e. The molecule has 1 aromatic carbocycles. The summed E-state index contributed by atoms with van der Waals surface area (Å²) in [5.41, 5.74) is 8.39. The zero-order valence-electron chi connectivity index (χ0n) is 12.6. The van der Waals surface area contributed by atoms with Crippen LogP contribution in [0, 0.1) is 5.92 Å². The zero-order chi connectivity index (χ0) is 14.9. The molecular formula is C17H22N2OS. The lowest BCUT2D eigenvalue weighted by Crippen LogP contribution is -2.40. The van der Waals surface area contributed by atoms with Gasteiger partial charge in [0.25, 0.3) is 0 Å². The molecule has 21 heavy (non-hydrogen) atoms. The Bertz CT molecular complexity index is 615. The van der Waals surface area contributed by atoms with E-state index in [1.54, 1.807) is 18.4 Å². The van der Waals surface area contributed by atoms with Crippen LogP contribution in [0.3, 0.4) is 0 Å². The monoisotopic (exact) mass is 302 g/mol. The van der Waals surface area contributed by atoms with Crippen LogP contribution < -0.4 is 10.5 Å². The summed E-state index contributed by atoms with van der Waals surface area (Å²) in [5.74, 6) is 1.65. The molecule has 2 N–H and O–H groups in total. The number of para-hydroxylation sites is 1. The standard InChI is InChI=1S/C17H22N2OS/c1-12-7-9-17(18,10-8-12)16-19-14(11-21-16)13-5-3-4-6-15(13)20-2/h3-6,11-12H,7-10,18H2,1-2H3. The Labute approximate surface area is 130 Å². The van der Waals surface area contributed by atoms with E-state index in [1.807, 2.05) is 24.3 Å². The predicted molar refractivity (Wildman–Crippen MR) is 87.6 cm³/mol. The molecule has 0 unspecified atom stereocenters. The third-order valence-corrected chi connectivity index (χ3v) is 5.54. The fraction of sp³-hybridized carbons (Fsp3) is 0.471. The van der Waals surface area contributed by atoms with Gasteiger partial charge in [0.2, 0.25) is 0 Å². The molecular weight excluding hydrogens is 280 g/mol. The third kappa shape index (κ3) is 2.83. The fourth-order valence-corrected chi connectivity index (χ4v) is 3.97. The van der Waals surface area contributed by atoms with E-state index in [-0.39, 0.29) is 5.54 Å². The highest BCUT2D eigenvalue weighted by molar-refractivity contribution is 7.10. The molecule has 2 aromatic rings. The SMILES string of the molecule is COc1ccccc1-c1csc(C2(N)CCC(C)CC2)n1. The van der Waals surface area contributed by atoms with Crippen molar-refractivity contribution in [1.82, 2.24) is 4.98 Å². The quantitative estimate of drug-likeness (QED) is 0.925. The average molecular weight is 302 g/mol. The van der Waals surface area contributed by atoms with Crippen molar-refractivity contribution in [2.24, 2.45) is 11.7 Å². The van der Waals surface area contributed by atoms with Crippen LogP contribution in [0.1, 0.15) is 37.6 Å². The van der Waals surface area contributed by atoms with E-state index >= 15 is 0 Å². The molecule has 0 spiro atoms. The molecule has 0 amide bonds. The van der Waals surface area contributed by atoms with Crippen LogP contribution in [0.15, 0.2) is 29.6 Å². The van der Waals surface area contributed by atoms with Crippen LogP contribution in [0.4, 0.5) is 0 Å². The van der Waals surface area contributed by atoms with Crippen molar-refractivity contribution in [3.63, 3.8) is 0 Å². The number of hydrogen-bond donors (Lipinski definition) is 1. The van der Waals surface area contributed by atoms with Crippen molar-refractivity contribution < 1.29 is 4.74 Å². The number of thiazole rings is 1. The maximum absolute atomic E-state index is 6.62. The molecule has 0 saturated heterocycles. The number of benzene rings is 1. The lowest BCUT2D eigenvalue weighted by atomic mass is 9.78. The van der Waals surface area contributed by atoms with Crippen molar-refractivity contribution in [3.8, 4) is 17.0 Å². The van der Waals surface area contributed by atoms with Crippen molar-refractivity contribution >= 4 is 11.3 Å². The van der Waals surface area contributed by atoms with Crippen LogP contribution in [-0.4, -0.2) is 12.1 Å². The van der Waals surface area contributed by atoms with E-state index in [9.17, 15) is 0 Å². The first-order valence-electron chi connectivity index (χ1n) is 7.51. The van der Waals surface area contributed by atoms with Gasteiger partial charge in [-0.3, -0.25) is 0 Å². The average Bonchev–Trinajstić information content (AvgIpc) is 3.01. The Morgan fingerprint density at radius 2 is 2.00 bits per heavy atom. The Morgan fingerprint density at radius 1 is 1.29 bits per heavy atom. The maximum Gasteiger partial charge on any atom is 0.128 e. The fourth-order valence-electron chi connectivity index (χ4n) is 2.97. The molecule has 1 heterocycles. The van der Waals surface area contributed by atoms with Gasteiger partial charge in [0.05, 0.1) is 18.3 Å². The number of rotatable bonds is 3. The molecule has 1 fully saturated rings. The normalized spacial score (nSPS) is 25.8. The Kier molecular flexibility index (Phi) is 4.00. The number of ether oxygens (including phenoxy) is 1. The number of nitrogens with two attached hydrogens (primary N) is 1. The minimum absolute atomic E-state index is 0.239. The van der Waals surface area contributed by atoms with Crippen molar-refractivity contribution in [2.75, 3.05) is 7.11 Å². The number of hydrogen-bond acceptors (Lipinski definition) is 4. The second-order valence-electron chi connectivity index (χ2n) is 6.08. The van der Waals surface area contributed by atoms with E-state index in [1.165, 1.54) is 12.8 Å². The van der Waals surface area contributed by atoms with Gasteiger partial charge in [-0.1, -0.05) is 19.1 Å². The zero-order valence-corrected chi connectivity index (χ0v) is 13.5. The highest BCUT2D eigenvalue weighted by Gasteiger charge is 2.34. The van der Waals surface area contributed by atoms with Crippen molar-refractivity contribution in [1.29, 1.82) is 0 Å². The first-order valence-corrected chi connectivity index (χ1v) is 8.38. The van der Waals surface area contributed by atoms with Crippen LogP contribution in [-0.2, 0) is 5.54 Å². The Morgan fingerprint density at radius 3 is 2.71 bits per heavy atom.